The number of halogens is 3. The van der Waals surface area contributed by atoms with Crippen LogP contribution in [0.3, 0.4) is 0 Å². The molecular formula is C21H17Cl2FN4O2. The van der Waals surface area contributed by atoms with Crippen LogP contribution >= 0.6 is 23.2 Å². The number of fused-ring (bicyclic) bond motifs is 1. The van der Waals surface area contributed by atoms with Crippen LogP contribution in [0.25, 0.3) is 11.3 Å². The fraction of sp³-hybridized carbons (Fsp3) is 0.190. The van der Waals surface area contributed by atoms with E-state index in [1.165, 1.54) is 22.9 Å². The standard InChI is InChI=1S/C21H17Cl2FN4O2/c1-2-14-19(11-3-6-13(24)7-4-11)27-28-17(21(30)26-20(14)28)10-18(29)25-16-8-5-12(22)9-15(16)23/h3-9,17H,2,10H2,1H3,(H,25,29)(H,26,30)/t17-/m1/s1. The van der Waals surface area contributed by atoms with E-state index >= 15 is 0 Å². The summed E-state index contributed by atoms with van der Waals surface area (Å²) < 4.78 is 14.8. The van der Waals surface area contributed by atoms with Crippen molar-refractivity contribution in [2.24, 2.45) is 0 Å². The SMILES string of the molecule is CCc1c(-c2ccc(F)cc2)nn2c1NC(=O)[C@H]2CC(=O)Nc1ccc(Cl)cc1Cl. The highest BCUT2D eigenvalue weighted by molar-refractivity contribution is 6.36. The summed E-state index contributed by atoms with van der Waals surface area (Å²) in [6, 6.07) is 9.92. The number of carbonyl (C=O) groups excluding carboxylic acids is 2. The average Bonchev–Trinajstić information content (AvgIpc) is 3.20. The van der Waals surface area contributed by atoms with E-state index in [1.54, 1.807) is 24.3 Å². The van der Waals surface area contributed by atoms with Crippen LogP contribution in [-0.4, -0.2) is 21.6 Å². The first kappa shape index (κ1) is 20.4. The number of hydrogen-bond donors (Lipinski definition) is 2. The van der Waals surface area contributed by atoms with Crippen molar-refractivity contribution in [1.29, 1.82) is 0 Å². The molecule has 1 aliphatic rings. The van der Waals surface area contributed by atoms with Crippen molar-refractivity contribution >= 4 is 46.5 Å². The van der Waals surface area contributed by atoms with Gasteiger partial charge in [-0.05, 0) is 48.9 Å². The molecule has 6 nitrogen and oxygen atoms in total. The number of amides is 2. The third-order valence-electron chi connectivity index (χ3n) is 4.90. The van der Waals surface area contributed by atoms with Crippen molar-refractivity contribution in [3.05, 3.63) is 63.9 Å². The highest BCUT2D eigenvalue weighted by Crippen LogP contribution is 2.37. The summed E-state index contributed by atoms with van der Waals surface area (Å²) in [6.45, 7) is 1.94. The minimum Gasteiger partial charge on any atom is -0.325 e. The maximum absolute atomic E-state index is 13.3. The molecule has 1 aliphatic heterocycles. The number of nitrogens with one attached hydrogen (secondary N) is 2. The Morgan fingerprint density at radius 2 is 1.97 bits per heavy atom. The lowest BCUT2D eigenvalue weighted by atomic mass is 10.1. The van der Waals surface area contributed by atoms with Gasteiger partial charge in [-0.3, -0.25) is 9.59 Å². The second kappa shape index (κ2) is 8.08. The molecule has 2 aromatic carbocycles. The van der Waals surface area contributed by atoms with Crippen molar-refractivity contribution in [3.8, 4) is 11.3 Å². The van der Waals surface area contributed by atoms with Gasteiger partial charge in [0.2, 0.25) is 5.91 Å². The van der Waals surface area contributed by atoms with Gasteiger partial charge in [0.1, 0.15) is 17.7 Å². The Bertz CT molecular complexity index is 1140. The zero-order valence-electron chi connectivity index (χ0n) is 15.9. The number of anilines is 2. The van der Waals surface area contributed by atoms with E-state index < -0.39 is 6.04 Å². The Morgan fingerprint density at radius 1 is 1.23 bits per heavy atom. The van der Waals surface area contributed by atoms with E-state index in [0.717, 1.165) is 11.1 Å². The van der Waals surface area contributed by atoms with Crippen molar-refractivity contribution in [3.63, 3.8) is 0 Å². The highest BCUT2D eigenvalue weighted by Gasteiger charge is 2.36. The molecule has 0 bridgehead atoms. The smallest absolute Gasteiger partial charge is 0.251 e. The normalized spacial score (nSPS) is 15.1. The number of hydrogen-bond acceptors (Lipinski definition) is 3. The van der Waals surface area contributed by atoms with Gasteiger partial charge < -0.3 is 10.6 Å². The van der Waals surface area contributed by atoms with Crippen LogP contribution in [-0.2, 0) is 16.0 Å². The third kappa shape index (κ3) is 3.78. The minimum atomic E-state index is -0.800. The molecule has 0 radical (unpaired) electrons. The summed E-state index contributed by atoms with van der Waals surface area (Å²) in [6.07, 6.45) is 0.493. The lowest BCUT2D eigenvalue weighted by Gasteiger charge is -2.11. The Hall–Kier alpha value is -2.90. The summed E-state index contributed by atoms with van der Waals surface area (Å²) in [5.74, 6) is -0.476. The van der Waals surface area contributed by atoms with Crippen LogP contribution in [0.1, 0.15) is 24.9 Å². The Kier molecular flexibility index (Phi) is 5.49. The monoisotopic (exact) mass is 446 g/mol. The molecule has 154 valence electrons. The molecule has 0 saturated heterocycles. The summed E-state index contributed by atoms with van der Waals surface area (Å²) in [5.41, 5.74) is 2.63. The van der Waals surface area contributed by atoms with Crippen molar-refractivity contribution in [1.82, 2.24) is 9.78 Å². The van der Waals surface area contributed by atoms with Gasteiger partial charge in [0, 0.05) is 16.1 Å². The fourth-order valence-corrected chi connectivity index (χ4v) is 3.92. The largest absolute Gasteiger partial charge is 0.325 e. The van der Waals surface area contributed by atoms with Crippen LogP contribution in [0.15, 0.2) is 42.5 Å². The average molecular weight is 447 g/mol. The molecule has 4 rings (SSSR count). The van der Waals surface area contributed by atoms with Crippen LogP contribution in [0.2, 0.25) is 10.0 Å². The predicted molar refractivity (Wildman–Crippen MR) is 114 cm³/mol. The molecule has 0 unspecified atom stereocenters. The molecule has 0 aliphatic carbocycles. The first-order valence-electron chi connectivity index (χ1n) is 9.30. The molecule has 2 amide bonds. The van der Waals surface area contributed by atoms with Crippen molar-refractivity contribution in [2.45, 2.75) is 25.8 Å². The molecule has 9 heteroatoms. The van der Waals surface area contributed by atoms with E-state index in [4.69, 9.17) is 23.2 Å². The number of rotatable bonds is 5. The zero-order valence-corrected chi connectivity index (χ0v) is 17.4. The number of aromatic nitrogens is 2. The number of carbonyl (C=O) groups is 2. The lowest BCUT2D eigenvalue weighted by Crippen LogP contribution is -2.23. The second-order valence-corrected chi connectivity index (χ2v) is 7.71. The molecular weight excluding hydrogens is 430 g/mol. The first-order chi connectivity index (χ1) is 14.4. The van der Waals surface area contributed by atoms with Gasteiger partial charge >= 0.3 is 0 Å². The summed E-state index contributed by atoms with van der Waals surface area (Å²) in [7, 11) is 0. The van der Waals surface area contributed by atoms with E-state index in [9.17, 15) is 14.0 Å². The van der Waals surface area contributed by atoms with Crippen molar-refractivity contribution in [2.75, 3.05) is 10.6 Å². The number of benzene rings is 2. The second-order valence-electron chi connectivity index (χ2n) is 6.86. The first-order valence-corrected chi connectivity index (χ1v) is 10.1. The topological polar surface area (TPSA) is 76.0 Å². The molecule has 30 heavy (non-hydrogen) atoms. The van der Waals surface area contributed by atoms with Crippen LogP contribution in [0.5, 0.6) is 0 Å². The van der Waals surface area contributed by atoms with Gasteiger partial charge in [-0.1, -0.05) is 30.1 Å². The van der Waals surface area contributed by atoms with Gasteiger partial charge in [0.15, 0.2) is 0 Å². The van der Waals surface area contributed by atoms with Crippen LogP contribution in [0.4, 0.5) is 15.9 Å². The highest BCUT2D eigenvalue weighted by atomic mass is 35.5. The van der Waals surface area contributed by atoms with E-state index in [1.807, 2.05) is 6.92 Å². The molecule has 3 aromatic rings. The molecule has 0 spiro atoms. The minimum absolute atomic E-state index is 0.120. The molecule has 2 N–H and O–H groups in total. The van der Waals surface area contributed by atoms with Gasteiger partial charge in [0.05, 0.1) is 22.8 Å². The van der Waals surface area contributed by atoms with E-state index in [0.29, 0.717) is 33.7 Å². The van der Waals surface area contributed by atoms with Crippen molar-refractivity contribution < 1.29 is 14.0 Å². The number of nitrogens with zero attached hydrogens (tertiary/aromatic N) is 2. The van der Waals surface area contributed by atoms with Gasteiger partial charge in [-0.15, -0.1) is 0 Å². The Morgan fingerprint density at radius 3 is 2.63 bits per heavy atom. The molecule has 1 aromatic heterocycles. The van der Waals surface area contributed by atoms with Crippen LogP contribution < -0.4 is 10.6 Å². The quantitative estimate of drug-likeness (QED) is 0.573. The summed E-state index contributed by atoms with van der Waals surface area (Å²) in [5, 5.41) is 10.8. The molecule has 2 heterocycles. The third-order valence-corrected chi connectivity index (χ3v) is 5.45. The molecule has 0 fully saturated rings. The maximum Gasteiger partial charge on any atom is 0.251 e. The molecule has 0 saturated carbocycles. The predicted octanol–water partition coefficient (Wildman–Crippen LogP) is 5.08. The summed E-state index contributed by atoms with van der Waals surface area (Å²) >= 11 is 12.0. The van der Waals surface area contributed by atoms with Crippen LogP contribution in [0, 0.1) is 5.82 Å². The molecule has 1 atom stereocenters. The van der Waals surface area contributed by atoms with E-state index in [-0.39, 0.29) is 24.1 Å². The Balaban J connectivity index is 1.60. The maximum atomic E-state index is 13.3. The summed E-state index contributed by atoms with van der Waals surface area (Å²) in [4.78, 5) is 25.1. The lowest BCUT2D eigenvalue weighted by molar-refractivity contribution is -0.123. The van der Waals surface area contributed by atoms with Gasteiger partial charge in [-0.25, -0.2) is 9.07 Å². The zero-order chi connectivity index (χ0) is 21.4. The fourth-order valence-electron chi connectivity index (χ4n) is 3.46. The van der Waals surface area contributed by atoms with Gasteiger partial charge in [-0.2, -0.15) is 5.10 Å². The van der Waals surface area contributed by atoms with Gasteiger partial charge in [0.25, 0.3) is 5.91 Å². The Labute approximate surface area is 182 Å². The van der Waals surface area contributed by atoms with E-state index in [2.05, 4.69) is 15.7 Å².